The Kier molecular flexibility index (Phi) is 5.32. The third kappa shape index (κ3) is 4.51. The largest absolute Gasteiger partial charge is 0.352 e. The Morgan fingerprint density at radius 2 is 2.00 bits per heavy atom. The Bertz CT molecular complexity index is 289. The average molecular weight is 208 g/mol. The smallest absolute Gasteiger partial charge is 0.254 e. The number of unbranched alkanes of at least 4 members (excludes halogenated alkanes) is 2. The minimum Gasteiger partial charge on any atom is -0.352 e. The molecule has 3 N–H and O–H groups in total. The molecule has 1 rings (SSSR count). The molecular weight excluding hydrogens is 192 g/mol. The van der Waals surface area contributed by atoms with Crippen molar-refractivity contribution in [3.05, 3.63) is 24.3 Å². The number of hydrogen-bond donors (Lipinski definition) is 2. The highest BCUT2D eigenvalue weighted by Crippen LogP contribution is 1.94. The summed E-state index contributed by atoms with van der Waals surface area (Å²) >= 11 is 0. The summed E-state index contributed by atoms with van der Waals surface area (Å²) in [5, 5.41) is 2.80. The molecule has 0 atom stereocenters. The van der Waals surface area contributed by atoms with Crippen molar-refractivity contribution in [1.82, 2.24) is 15.3 Å². The lowest BCUT2D eigenvalue weighted by Crippen LogP contribution is -2.24. The molecule has 0 aromatic carbocycles. The van der Waals surface area contributed by atoms with E-state index >= 15 is 0 Å². The van der Waals surface area contributed by atoms with Gasteiger partial charge in [-0.25, -0.2) is 9.97 Å². The third-order valence-corrected chi connectivity index (χ3v) is 1.99. The first kappa shape index (κ1) is 11.6. The number of carbonyl (C=O) groups is 1. The van der Waals surface area contributed by atoms with E-state index in [1.54, 1.807) is 0 Å². The first-order valence-electron chi connectivity index (χ1n) is 5.08. The zero-order chi connectivity index (χ0) is 10.9. The van der Waals surface area contributed by atoms with Crippen LogP contribution >= 0.6 is 0 Å². The third-order valence-electron chi connectivity index (χ3n) is 1.99. The fourth-order valence-electron chi connectivity index (χ4n) is 1.17. The molecule has 1 heterocycles. The molecule has 0 aliphatic rings. The standard InChI is InChI=1S/C10H16N4O/c11-4-2-1-3-5-14-10(15)9-6-12-8-13-7-9/h6-8H,1-5,11H2,(H,14,15). The van der Waals surface area contributed by atoms with Gasteiger partial charge in [0, 0.05) is 18.9 Å². The second-order valence-corrected chi connectivity index (χ2v) is 3.23. The molecule has 0 saturated carbocycles. The Hall–Kier alpha value is -1.49. The van der Waals surface area contributed by atoms with Crippen molar-refractivity contribution in [3.63, 3.8) is 0 Å². The van der Waals surface area contributed by atoms with E-state index in [-0.39, 0.29) is 5.91 Å². The maximum Gasteiger partial charge on any atom is 0.254 e. The van der Waals surface area contributed by atoms with Gasteiger partial charge in [-0.2, -0.15) is 0 Å². The van der Waals surface area contributed by atoms with Crippen LogP contribution in [0.1, 0.15) is 29.6 Å². The quantitative estimate of drug-likeness (QED) is 0.660. The number of rotatable bonds is 6. The van der Waals surface area contributed by atoms with Crippen LogP contribution in [0.3, 0.4) is 0 Å². The van der Waals surface area contributed by atoms with Gasteiger partial charge in [-0.3, -0.25) is 4.79 Å². The van der Waals surface area contributed by atoms with Crippen molar-refractivity contribution in [1.29, 1.82) is 0 Å². The molecule has 82 valence electrons. The fraction of sp³-hybridized carbons (Fsp3) is 0.500. The highest BCUT2D eigenvalue weighted by molar-refractivity contribution is 5.93. The molecule has 1 aromatic heterocycles. The van der Waals surface area contributed by atoms with Crippen LogP contribution < -0.4 is 11.1 Å². The van der Waals surface area contributed by atoms with E-state index in [1.807, 2.05) is 0 Å². The number of hydrogen-bond acceptors (Lipinski definition) is 4. The number of aromatic nitrogens is 2. The molecule has 0 saturated heterocycles. The molecule has 5 nitrogen and oxygen atoms in total. The first-order chi connectivity index (χ1) is 7.34. The van der Waals surface area contributed by atoms with Gasteiger partial charge in [0.15, 0.2) is 0 Å². The average Bonchev–Trinajstić information content (AvgIpc) is 2.30. The Labute approximate surface area is 89.1 Å². The second kappa shape index (κ2) is 6.89. The van der Waals surface area contributed by atoms with Gasteiger partial charge in [-0.1, -0.05) is 6.42 Å². The van der Waals surface area contributed by atoms with Gasteiger partial charge < -0.3 is 11.1 Å². The number of nitrogens with two attached hydrogens (primary N) is 1. The minimum absolute atomic E-state index is 0.122. The molecule has 0 radical (unpaired) electrons. The number of amides is 1. The van der Waals surface area contributed by atoms with Crippen molar-refractivity contribution < 1.29 is 4.79 Å². The van der Waals surface area contributed by atoms with Crippen molar-refractivity contribution in [2.45, 2.75) is 19.3 Å². The van der Waals surface area contributed by atoms with Gasteiger partial charge in [-0.05, 0) is 19.4 Å². The van der Waals surface area contributed by atoms with Gasteiger partial charge in [-0.15, -0.1) is 0 Å². The molecule has 0 spiro atoms. The van der Waals surface area contributed by atoms with Gasteiger partial charge in [0.1, 0.15) is 6.33 Å². The molecule has 0 unspecified atom stereocenters. The molecule has 0 aliphatic carbocycles. The van der Waals surface area contributed by atoms with Gasteiger partial charge in [0.2, 0.25) is 0 Å². The lowest BCUT2D eigenvalue weighted by atomic mass is 10.2. The van der Waals surface area contributed by atoms with Gasteiger partial charge in [0.25, 0.3) is 5.91 Å². The first-order valence-corrected chi connectivity index (χ1v) is 5.08. The molecule has 15 heavy (non-hydrogen) atoms. The van der Waals surface area contributed by atoms with Crippen LogP contribution in [0.15, 0.2) is 18.7 Å². The summed E-state index contributed by atoms with van der Waals surface area (Å²) in [7, 11) is 0. The molecule has 5 heteroatoms. The molecule has 1 aromatic rings. The van der Waals surface area contributed by atoms with E-state index in [0.717, 1.165) is 19.3 Å². The SMILES string of the molecule is NCCCCCNC(=O)c1cncnc1. The van der Waals surface area contributed by atoms with Crippen molar-refractivity contribution in [2.75, 3.05) is 13.1 Å². The van der Waals surface area contributed by atoms with E-state index in [4.69, 9.17) is 5.73 Å². The van der Waals surface area contributed by atoms with Gasteiger partial charge in [0.05, 0.1) is 5.56 Å². The molecule has 0 fully saturated rings. The van der Waals surface area contributed by atoms with Gasteiger partial charge >= 0.3 is 0 Å². The monoisotopic (exact) mass is 208 g/mol. The van der Waals surface area contributed by atoms with E-state index in [2.05, 4.69) is 15.3 Å². The zero-order valence-corrected chi connectivity index (χ0v) is 8.65. The molecular formula is C10H16N4O. The zero-order valence-electron chi connectivity index (χ0n) is 8.65. The fourth-order valence-corrected chi connectivity index (χ4v) is 1.17. The van der Waals surface area contributed by atoms with Crippen LogP contribution in [-0.4, -0.2) is 29.0 Å². The van der Waals surface area contributed by atoms with Crippen LogP contribution in [0.2, 0.25) is 0 Å². The number of nitrogens with zero attached hydrogens (tertiary/aromatic N) is 2. The maximum atomic E-state index is 11.5. The molecule has 0 aliphatic heterocycles. The Morgan fingerprint density at radius 3 is 2.67 bits per heavy atom. The van der Waals surface area contributed by atoms with Crippen LogP contribution in [-0.2, 0) is 0 Å². The number of nitrogens with one attached hydrogen (secondary N) is 1. The highest BCUT2D eigenvalue weighted by atomic mass is 16.1. The normalized spacial score (nSPS) is 9.93. The topological polar surface area (TPSA) is 80.9 Å². The summed E-state index contributed by atoms with van der Waals surface area (Å²) in [6.45, 7) is 1.38. The van der Waals surface area contributed by atoms with E-state index in [0.29, 0.717) is 18.7 Å². The molecule has 0 bridgehead atoms. The van der Waals surface area contributed by atoms with E-state index < -0.39 is 0 Å². The second-order valence-electron chi connectivity index (χ2n) is 3.23. The van der Waals surface area contributed by atoms with Crippen LogP contribution in [0.4, 0.5) is 0 Å². The predicted octanol–water partition coefficient (Wildman–Crippen LogP) is 0.335. The van der Waals surface area contributed by atoms with Crippen molar-refractivity contribution in [2.24, 2.45) is 5.73 Å². The van der Waals surface area contributed by atoms with Crippen molar-refractivity contribution >= 4 is 5.91 Å². The minimum atomic E-state index is -0.122. The van der Waals surface area contributed by atoms with Crippen LogP contribution in [0, 0.1) is 0 Å². The highest BCUT2D eigenvalue weighted by Gasteiger charge is 2.03. The van der Waals surface area contributed by atoms with Crippen LogP contribution in [0.25, 0.3) is 0 Å². The number of carbonyl (C=O) groups excluding carboxylic acids is 1. The molecule has 1 amide bonds. The summed E-state index contributed by atoms with van der Waals surface area (Å²) < 4.78 is 0. The summed E-state index contributed by atoms with van der Waals surface area (Å²) in [5.74, 6) is -0.122. The van der Waals surface area contributed by atoms with Crippen molar-refractivity contribution in [3.8, 4) is 0 Å². The summed E-state index contributed by atoms with van der Waals surface area (Å²) in [6.07, 6.45) is 7.41. The Balaban J connectivity index is 2.20. The predicted molar refractivity (Wildman–Crippen MR) is 57.3 cm³/mol. The van der Waals surface area contributed by atoms with E-state index in [1.165, 1.54) is 18.7 Å². The summed E-state index contributed by atoms with van der Waals surface area (Å²) in [5.41, 5.74) is 5.85. The summed E-state index contributed by atoms with van der Waals surface area (Å²) in [4.78, 5) is 19.0. The lowest BCUT2D eigenvalue weighted by molar-refractivity contribution is 0.0952. The lowest BCUT2D eigenvalue weighted by Gasteiger charge is -2.03. The Morgan fingerprint density at radius 1 is 1.27 bits per heavy atom. The van der Waals surface area contributed by atoms with Crippen LogP contribution in [0.5, 0.6) is 0 Å². The van der Waals surface area contributed by atoms with E-state index in [9.17, 15) is 4.79 Å². The summed E-state index contributed by atoms with van der Waals surface area (Å²) in [6, 6.07) is 0. The maximum absolute atomic E-state index is 11.5.